The van der Waals surface area contributed by atoms with Gasteiger partial charge in [0.25, 0.3) is 5.91 Å². The average molecular weight is 349 g/mol. The van der Waals surface area contributed by atoms with Gasteiger partial charge < -0.3 is 19.4 Å². The Morgan fingerprint density at radius 2 is 2.00 bits per heavy atom. The summed E-state index contributed by atoms with van der Waals surface area (Å²) in [5, 5.41) is 13.0. The molecular weight excluding hydrogens is 326 g/mol. The van der Waals surface area contributed by atoms with Gasteiger partial charge in [-0.1, -0.05) is 5.16 Å². The van der Waals surface area contributed by atoms with Gasteiger partial charge in [0.2, 0.25) is 11.7 Å². The smallest absolute Gasteiger partial charge is 0.326 e. The number of hydrogen-bond donors (Lipinski definition) is 1. The van der Waals surface area contributed by atoms with E-state index in [1.54, 1.807) is 24.8 Å². The lowest BCUT2D eigenvalue weighted by Crippen LogP contribution is -2.55. The third-order valence-corrected chi connectivity index (χ3v) is 5.47. The minimum atomic E-state index is -0.987. The highest BCUT2D eigenvalue weighted by Crippen LogP contribution is 2.41. The summed E-state index contributed by atoms with van der Waals surface area (Å²) in [6.07, 6.45) is 2.62. The van der Waals surface area contributed by atoms with Crippen LogP contribution in [-0.4, -0.2) is 63.5 Å². The number of carboxylic acid groups (broad SMARTS) is 1. The number of likely N-dealkylation sites (tertiary alicyclic amines) is 2. The summed E-state index contributed by atoms with van der Waals surface area (Å²) in [6.45, 7) is 4.90. The summed E-state index contributed by atoms with van der Waals surface area (Å²) >= 11 is 0. The quantitative estimate of drug-likeness (QED) is 0.882. The van der Waals surface area contributed by atoms with Gasteiger partial charge in [-0.25, -0.2) is 4.79 Å². The fourth-order valence-corrected chi connectivity index (χ4v) is 3.74. The monoisotopic (exact) mass is 349 g/mol. The van der Waals surface area contributed by atoms with Crippen molar-refractivity contribution in [3.8, 4) is 0 Å². The maximum atomic E-state index is 12.4. The Bertz CT molecular complexity index is 690. The summed E-state index contributed by atoms with van der Waals surface area (Å²) in [5.74, 6) is -1.01. The minimum absolute atomic E-state index is 0.101. The van der Waals surface area contributed by atoms with Gasteiger partial charge in [-0.2, -0.15) is 0 Å². The van der Waals surface area contributed by atoms with E-state index in [2.05, 4.69) is 5.16 Å². The molecule has 2 fully saturated rings. The van der Waals surface area contributed by atoms with E-state index in [0.29, 0.717) is 31.7 Å². The number of aliphatic carboxylic acids is 1. The van der Waals surface area contributed by atoms with Crippen LogP contribution in [0.5, 0.6) is 0 Å². The molecule has 0 bridgehead atoms. The molecule has 2 aliphatic heterocycles. The molecule has 3 rings (SSSR count). The second kappa shape index (κ2) is 6.50. The first-order valence-electron chi connectivity index (χ1n) is 8.56. The molecule has 2 amide bonds. The highest BCUT2D eigenvalue weighted by Gasteiger charge is 2.44. The largest absolute Gasteiger partial charge is 0.480 e. The predicted octanol–water partition coefficient (Wildman–Crippen LogP) is 1.30. The van der Waals surface area contributed by atoms with Crippen molar-refractivity contribution < 1.29 is 24.0 Å². The molecule has 1 unspecified atom stereocenters. The van der Waals surface area contributed by atoms with Gasteiger partial charge >= 0.3 is 5.97 Å². The fraction of sp³-hybridized carbons (Fsp3) is 0.647. The first-order chi connectivity index (χ1) is 11.8. The third kappa shape index (κ3) is 3.38. The molecular formula is C17H23N3O5. The van der Waals surface area contributed by atoms with Crippen molar-refractivity contribution in [3.05, 3.63) is 17.5 Å². The molecule has 0 aromatic carbocycles. The van der Waals surface area contributed by atoms with Crippen molar-refractivity contribution in [1.29, 1.82) is 0 Å². The van der Waals surface area contributed by atoms with Crippen LogP contribution >= 0.6 is 0 Å². The molecule has 1 aromatic rings. The Hall–Kier alpha value is -2.38. The summed E-state index contributed by atoms with van der Waals surface area (Å²) in [4.78, 5) is 39.0. The van der Waals surface area contributed by atoms with Crippen molar-refractivity contribution in [2.24, 2.45) is 5.41 Å². The molecule has 1 N–H and O–H groups in total. The van der Waals surface area contributed by atoms with Crippen LogP contribution in [0.25, 0.3) is 0 Å². The van der Waals surface area contributed by atoms with Gasteiger partial charge in [-0.05, 0) is 38.5 Å². The van der Waals surface area contributed by atoms with E-state index in [-0.39, 0.29) is 23.0 Å². The van der Waals surface area contributed by atoms with Crippen molar-refractivity contribution in [2.75, 3.05) is 19.6 Å². The fourth-order valence-electron chi connectivity index (χ4n) is 3.74. The Labute approximate surface area is 145 Å². The number of rotatable bonds is 3. The van der Waals surface area contributed by atoms with Gasteiger partial charge in [0.1, 0.15) is 6.04 Å². The summed E-state index contributed by atoms with van der Waals surface area (Å²) in [5.41, 5.74) is 0.562. The molecule has 1 spiro atoms. The molecule has 136 valence electrons. The van der Waals surface area contributed by atoms with E-state index in [1.807, 2.05) is 0 Å². The lowest BCUT2D eigenvalue weighted by atomic mass is 9.72. The zero-order valence-electron chi connectivity index (χ0n) is 14.5. The van der Waals surface area contributed by atoms with E-state index in [9.17, 15) is 19.5 Å². The first kappa shape index (κ1) is 17.4. The number of carbonyl (C=O) groups excluding carboxylic acids is 2. The highest BCUT2D eigenvalue weighted by molar-refractivity contribution is 5.91. The van der Waals surface area contributed by atoms with Crippen molar-refractivity contribution in [3.63, 3.8) is 0 Å². The Morgan fingerprint density at radius 3 is 2.56 bits per heavy atom. The topological polar surface area (TPSA) is 104 Å². The number of aromatic nitrogens is 1. The van der Waals surface area contributed by atoms with Gasteiger partial charge in [0, 0.05) is 32.1 Å². The lowest BCUT2D eigenvalue weighted by molar-refractivity contribution is -0.154. The van der Waals surface area contributed by atoms with Crippen LogP contribution in [0.2, 0.25) is 0 Å². The van der Waals surface area contributed by atoms with Crippen LogP contribution in [0.3, 0.4) is 0 Å². The van der Waals surface area contributed by atoms with Crippen LogP contribution in [-0.2, 0) is 9.59 Å². The molecule has 1 atom stereocenters. The molecule has 8 nitrogen and oxygen atoms in total. The number of hydrogen-bond acceptors (Lipinski definition) is 5. The standard InChI is InChI=1S/C17H23N3O5/c1-11-9-13(25-18-11)15(22)19-7-5-17(6-8-19)4-3-14(21)20(10-17)12(2)16(23)24/h9,12H,3-8,10H2,1-2H3,(H,23,24). The highest BCUT2D eigenvalue weighted by atomic mass is 16.5. The number of nitrogens with zero attached hydrogens (tertiary/aromatic N) is 3. The van der Waals surface area contributed by atoms with Crippen LogP contribution in [0.4, 0.5) is 0 Å². The molecule has 0 saturated carbocycles. The van der Waals surface area contributed by atoms with Crippen molar-refractivity contribution >= 4 is 17.8 Å². The zero-order valence-corrected chi connectivity index (χ0v) is 14.5. The Kier molecular flexibility index (Phi) is 4.53. The molecule has 8 heteroatoms. The van der Waals surface area contributed by atoms with Gasteiger partial charge in [0.15, 0.2) is 0 Å². The lowest BCUT2D eigenvalue weighted by Gasteiger charge is -2.48. The zero-order chi connectivity index (χ0) is 18.2. The van der Waals surface area contributed by atoms with E-state index in [1.165, 1.54) is 4.90 Å². The Morgan fingerprint density at radius 1 is 1.32 bits per heavy atom. The summed E-state index contributed by atoms with van der Waals surface area (Å²) in [7, 11) is 0. The van der Waals surface area contributed by atoms with Gasteiger partial charge in [-0.15, -0.1) is 0 Å². The van der Waals surface area contributed by atoms with Crippen molar-refractivity contribution in [2.45, 2.75) is 45.6 Å². The molecule has 2 aliphatic rings. The van der Waals surface area contributed by atoms with Crippen LogP contribution in [0, 0.1) is 12.3 Å². The number of aryl methyl sites for hydroxylation is 1. The van der Waals surface area contributed by atoms with E-state index >= 15 is 0 Å². The number of carbonyl (C=O) groups is 3. The predicted molar refractivity (Wildman–Crippen MR) is 86.9 cm³/mol. The van der Waals surface area contributed by atoms with E-state index in [0.717, 1.165) is 19.3 Å². The second-order valence-electron chi connectivity index (χ2n) is 7.16. The maximum Gasteiger partial charge on any atom is 0.326 e. The molecule has 3 heterocycles. The van der Waals surface area contributed by atoms with Crippen LogP contribution in [0.1, 0.15) is 48.9 Å². The molecule has 2 saturated heterocycles. The number of piperidine rings is 2. The minimum Gasteiger partial charge on any atom is -0.480 e. The maximum absolute atomic E-state index is 12.4. The van der Waals surface area contributed by atoms with Crippen molar-refractivity contribution in [1.82, 2.24) is 15.0 Å². The van der Waals surface area contributed by atoms with Gasteiger partial charge in [-0.3, -0.25) is 9.59 Å². The van der Waals surface area contributed by atoms with Gasteiger partial charge in [0.05, 0.1) is 5.69 Å². The Balaban J connectivity index is 1.65. The first-order valence-corrected chi connectivity index (χ1v) is 8.56. The second-order valence-corrected chi connectivity index (χ2v) is 7.16. The molecule has 1 aromatic heterocycles. The van der Waals surface area contributed by atoms with E-state index < -0.39 is 12.0 Å². The average Bonchev–Trinajstić information content (AvgIpc) is 3.03. The number of carboxylic acids is 1. The van der Waals surface area contributed by atoms with Crippen LogP contribution in [0.15, 0.2) is 10.6 Å². The summed E-state index contributed by atoms with van der Waals surface area (Å²) in [6, 6.07) is 0.809. The van der Waals surface area contributed by atoms with E-state index in [4.69, 9.17) is 4.52 Å². The number of amides is 2. The molecule has 0 radical (unpaired) electrons. The molecule has 25 heavy (non-hydrogen) atoms. The summed E-state index contributed by atoms with van der Waals surface area (Å²) < 4.78 is 5.05. The third-order valence-electron chi connectivity index (χ3n) is 5.47. The molecule has 0 aliphatic carbocycles. The SMILES string of the molecule is Cc1cc(C(=O)N2CCC3(CCC(=O)N(C(C)C(=O)O)C3)CC2)on1. The normalized spacial score (nSPS) is 21.4. The van der Waals surface area contributed by atoms with Crippen LogP contribution < -0.4 is 0 Å².